The molecule has 0 aromatic carbocycles. The molecular weight excluding hydrogens is 111 g/mol. The summed E-state index contributed by atoms with van der Waals surface area (Å²) in [5.74, 6) is 0.167. The normalized spacial score (nSPS) is 5.20. The third kappa shape index (κ3) is 635. The molecule has 33 valence electrons. The van der Waals surface area contributed by atoms with Crippen LogP contribution in [0.5, 0.6) is 0 Å². The Morgan fingerprint density at radius 3 is 1.40 bits per heavy atom. The summed E-state index contributed by atoms with van der Waals surface area (Å²) >= 11 is 0. The van der Waals surface area contributed by atoms with Crippen molar-refractivity contribution < 1.29 is 21.6 Å². The van der Waals surface area contributed by atoms with Crippen molar-refractivity contribution in [3.63, 3.8) is 0 Å². The number of carbonyl (C=O) groups excluding carboxylic acids is 1. The molecule has 5 heavy (non-hydrogen) atoms. The molecule has 0 aliphatic carbocycles. The molecule has 0 spiro atoms. The van der Waals surface area contributed by atoms with Crippen molar-refractivity contribution >= 4 is 5.78 Å². The predicted octanol–water partition coefficient (Wildman–Crippen LogP) is 0.593. The molecule has 0 aliphatic heterocycles. The quantitative estimate of drug-likeness (QED) is 0.453. The minimum absolute atomic E-state index is 0. The molecule has 0 saturated carbocycles. The van der Waals surface area contributed by atoms with Gasteiger partial charge in [0.15, 0.2) is 0 Å². The summed E-state index contributed by atoms with van der Waals surface area (Å²) in [7, 11) is 0. The monoisotopic (exact) mass is 117 g/mol. The second kappa shape index (κ2) is 4.18. The zero-order valence-electron chi connectivity index (χ0n) is 3.24. The summed E-state index contributed by atoms with van der Waals surface area (Å²) in [5, 5.41) is 0. The number of Topliss-reactive ketones (excluding diaryl/α,β-unsaturated/α-hetero) is 1. The maximum absolute atomic E-state index is 9.44. The van der Waals surface area contributed by atoms with Crippen LogP contribution in [0, 0.1) is 0 Å². The zero-order chi connectivity index (χ0) is 3.58. The molecule has 1 nitrogen and oxygen atoms in total. The molecular formula is C3H6CoO. The third-order valence-electron chi connectivity index (χ3n) is 0. The van der Waals surface area contributed by atoms with Crippen molar-refractivity contribution in [1.82, 2.24) is 0 Å². The molecule has 0 bridgehead atoms. The Balaban J connectivity index is 0. The molecule has 0 N–H and O–H groups in total. The van der Waals surface area contributed by atoms with Gasteiger partial charge in [-0.25, -0.2) is 0 Å². The standard InChI is InChI=1S/C3H6O.Co/c1-3(2)4;/h1-2H3;. The van der Waals surface area contributed by atoms with Crippen LogP contribution in [0.25, 0.3) is 0 Å². The van der Waals surface area contributed by atoms with E-state index in [-0.39, 0.29) is 22.6 Å². The van der Waals surface area contributed by atoms with Crippen LogP contribution in [0.1, 0.15) is 13.8 Å². The SMILES string of the molecule is CC(C)=O.[Co]. The van der Waals surface area contributed by atoms with Gasteiger partial charge < -0.3 is 4.79 Å². The van der Waals surface area contributed by atoms with E-state index in [4.69, 9.17) is 0 Å². The number of carbonyl (C=O) groups is 1. The Morgan fingerprint density at radius 2 is 1.40 bits per heavy atom. The van der Waals surface area contributed by atoms with Gasteiger partial charge in [0, 0.05) is 16.8 Å². The van der Waals surface area contributed by atoms with Crippen LogP contribution in [0.2, 0.25) is 0 Å². The predicted molar refractivity (Wildman–Crippen MR) is 16.4 cm³/mol. The Labute approximate surface area is 42.0 Å². The average molecular weight is 117 g/mol. The number of hydrogen-bond donors (Lipinski definition) is 0. The summed E-state index contributed by atoms with van der Waals surface area (Å²) in [6.07, 6.45) is 0. The average Bonchev–Trinajstić information content (AvgIpc) is 0.811. The van der Waals surface area contributed by atoms with E-state index in [1.807, 2.05) is 0 Å². The van der Waals surface area contributed by atoms with Crippen LogP contribution in [-0.4, -0.2) is 5.78 Å². The molecule has 0 amide bonds. The Morgan fingerprint density at radius 1 is 1.40 bits per heavy atom. The maximum atomic E-state index is 9.44. The van der Waals surface area contributed by atoms with E-state index in [1.54, 1.807) is 0 Å². The first kappa shape index (κ1) is 8.95. The molecule has 0 heterocycles. The van der Waals surface area contributed by atoms with Gasteiger partial charge in [0.1, 0.15) is 5.78 Å². The largest absolute Gasteiger partial charge is 0.300 e. The van der Waals surface area contributed by atoms with Crippen LogP contribution in [0.3, 0.4) is 0 Å². The van der Waals surface area contributed by atoms with Crippen LogP contribution in [0.15, 0.2) is 0 Å². The smallest absolute Gasteiger partial charge is 0.126 e. The fraction of sp³-hybridized carbons (Fsp3) is 0.667. The maximum Gasteiger partial charge on any atom is 0.126 e. The summed E-state index contributed by atoms with van der Waals surface area (Å²) in [6, 6.07) is 0. The summed E-state index contributed by atoms with van der Waals surface area (Å²) in [5.41, 5.74) is 0. The third-order valence-corrected chi connectivity index (χ3v) is 0. The van der Waals surface area contributed by atoms with E-state index in [9.17, 15) is 4.79 Å². The van der Waals surface area contributed by atoms with Crippen molar-refractivity contribution in [2.45, 2.75) is 13.8 Å². The summed E-state index contributed by atoms with van der Waals surface area (Å²) in [4.78, 5) is 9.44. The zero-order valence-corrected chi connectivity index (χ0v) is 4.28. The van der Waals surface area contributed by atoms with Gasteiger partial charge in [-0.15, -0.1) is 0 Å². The van der Waals surface area contributed by atoms with E-state index in [2.05, 4.69) is 0 Å². The molecule has 0 unspecified atom stereocenters. The first-order chi connectivity index (χ1) is 1.73. The molecule has 1 radical (unpaired) electrons. The van der Waals surface area contributed by atoms with Gasteiger partial charge in [-0.3, -0.25) is 0 Å². The van der Waals surface area contributed by atoms with E-state index >= 15 is 0 Å². The summed E-state index contributed by atoms with van der Waals surface area (Å²) < 4.78 is 0. The number of ketones is 1. The van der Waals surface area contributed by atoms with Gasteiger partial charge in [0.25, 0.3) is 0 Å². The number of rotatable bonds is 0. The van der Waals surface area contributed by atoms with Crippen molar-refractivity contribution in [2.75, 3.05) is 0 Å². The molecule has 0 rings (SSSR count). The molecule has 0 aromatic rings. The minimum Gasteiger partial charge on any atom is -0.300 e. The van der Waals surface area contributed by atoms with E-state index in [1.165, 1.54) is 13.8 Å². The molecule has 0 atom stereocenters. The van der Waals surface area contributed by atoms with Gasteiger partial charge in [-0.05, 0) is 13.8 Å². The van der Waals surface area contributed by atoms with Crippen molar-refractivity contribution in [3.8, 4) is 0 Å². The first-order valence-electron chi connectivity index (χ1n) is 1.20. The Hall–Kier alpha value is 0.176. The second-order valence-electron chi connectivity index (χ2n) is 0.908. The van der Waals surface area contributed by atoms with E-state index in [0.29, 0.717) is 0 Å². The van der Waals surface area contributed by atoms with Gasteiger partial charge in [-0.1, -0.05) is 0 Å². The topological polar surface area (TPSA) is 17.1 Å². The van der Waals surface area contributed by atoms with Gasteiger partial charge in [0.05, 0.1) is 0 Å². The first-order valence-corrected chi connectivity index (χ1v) is 1.20. The molecule has 0 aliphatic rings. The fourth-order valence-corrected chi connectivity index (χ4v) is 0. The van der Waals surface area contributed by atoms with Crippen LogP contribution >= 0.6 is 0 Å². The molecule has 0 saturated heterocycles. The van der Waals surface area contributed by atoms with E-state index in [0.717, 1.165) is 0 Å². The van der Waals surface area contributed by atoms with Gasteiger partial charge >= 0.3 is 0 Å². The van der Waals surface area contributed by atoms with Crippen LogP contribution in [-0.2, 0) is 21.6 Å². The Kier molecular flexibility index (Phi) is 7.47. The minimum atomic E-state index is 0. The van der Waals surface area contributed by atoms with Crippen molar-refractivity contribution in [3.05, 3.63) is 0 Å². The molecule has 0 aromatic heterocycles. The Bertz CT molecular complexity index is 29.9. The van der Waals surface area contributed by atoms with Crippen LogP contribution < -0.4 is 0 Å². The fourth-order valence-electron chi connectivity index (χ4n) is 0. The van der Waals surface area contributed by atoms with Gasteiger partial charge in [-0.2, -0.15) is 0 Å². The van der Waals surface area contributed by atoms with E-state index < -0.39 is 0 Å². The number of hydrogen-bond acceptors (Lipinski definition) is 1. The van der Waals surface area contributed by atoms with Crippen LogP contribution in [0.4, 0.5) is 0 Å². The molecule has 2 heteroatoms. The second-order valence-corrected chi connectivity index (χ2v) is 0.908. The molecule has 0 fully saturated rings. The summed E-state index contributed by atoms with van der Waals surface area (Å²) in [6.45, 7) is 3.06. The van der Waals surface area contributed by atoms with Crippen molar-refractivity contribution in [2.24, 2.45) is 0 Å². The van der Waals surface area contributed by atoms with Gasteiger partial charge in [0.2, 0.25) is 0 Å². The van der Waals surface area contributed by atoms with Crippen molar-refractivity contribution in [1.29, 1.82) is 0 Å².